The minimum Gasteiger partial charge on any atom is -0.391 e. The maximum absolute atomic E-state index is 10.8. The fraction of sp³-hybridized carbons (Fsp3) is 0.667. The number of hydrogen-bond acceptors (Lipinski definition) is 4. The summed E-state index contributed by atoms with van der Waals surface area (Å²) in [6.45, 7) is 1.29. The van der Waals surface area contributed by atoms with Crippen LogP contribution in [0.5, 0.6) is 0 Å². The molecule has 0 aromatic carbocycles. The van der Waals surface area contributed by atoms with E-state index in [9.17, 15) is 9.59 Å². The van der Waals surface area contributed by atoms with Crippen molar-refractivity contribution in [2.45, 2.75) is 19.4 Å². The van der Waals surface area contributed by atoms with Gasteiger partial charge in [-0.3, -0.25) is 9.59 Å². The van der Waals surface area contributed by atoms with Crippen LogP contribution in [0.4, 0.5) is 0 Å². The molecule has 0 bridgehead atoms. The summed E-state index contributed by atoms with van der Waals surface area (Å²) in [5, 5.41) is 9.81. The van der Waals surface area contributed by atoms with E-state index in [0.29, 0.717) is 0 Å². The Morgan fingerprint density at radius 3 is 2.82 bits per heavy atom. The summed E-state index contributed by atoms with van der Waals surface area (Å²) in [6.07, 6.45) is -0.672. The molecule has 5 nitrogen and oxygen atoms in total. The molecule has 1 saturated heterocycles. The first-order chi connectivity index (χ1) is 5.09. The summed E-state index contributed by atoms with van der Waals surface area (Å²) in [5.41, 5.74) is 0. The molecular formula is C6H9NO4. The zero-order chi connectivity index (χ0) is 8.43. The van der Waals surface area contributed by atoms with Crippen LogP contribution in [0.1, 0.15) is 13.3 Å². The van der Waals surface area contributed by atoms with Gasteiger partial charge in [0, 0.05) is 6.92 Å². The van der Waals surface area contributed by atoms with Crippen LogP contribution < -0.4 is 0 Å². The zero-order valence-electron chi connectivity index (χ0n) is 6.11. The number of amides is 1. The molecule has 1 heterocycles. The van der Waals surface area contributed by atoms with Crippen LogP contribution in [0.2, 0.25) is 0 Å². The number of hydroxylamine groups is 2. The fourth-order valence-corrected chi connectivity index (χ4v) is 0.905. The lowest BCUT2D eigenvalue weighted by atomic mass is 10.3. The van der Waals surface area contributed by atoms with Crippen LogP contribution in [0.25, 0.3) is 0 Å². The van der Waals surface area contributed by atoms with Crippen molar-refractivity contribution < 1.29 is 19.5 Å². The molecule has 1 N–H and O–H groups in total. The predicted octanol–water partition coefficient (Wildman–Crippen LogP) is -0.942. The first kappa shape index (κ1) is 8.00. The zero-order valence-corrected chi connectivity index (χ0v) is 6.11. The Labute approximate surface area is 63.5 Å². The lowest BCUT2D eigenvalue weighted by molar-refractivity contribution is -0.191. The minimum atomic E-state index is -0.707. The van der Waals surface area contributed by atoms with E-state index < -0.39 is 12.1 Å². The molecule has 0 spiro atoms. The third-order valence-electron chi connectivity index (χ3n) is 1.30. The number of β-amino-alcohol motifs (C(OH)–C–C–N with tert-alkyl or cyclic N) is 1. The molecule has 0 aromatic rings. The molecule has 1 atom stereocenters. The van der Waals surface area contributed by atoms with Gasteiger partial charge in [0.15, 0.2) is 0 Å². The molecule has 1 rings (SSSR count). The van der Waals surface area contributed by atoms with Crippen LogP contribution in [-0.2, 0) is 14.4 Å². The maximum atomic E-state index is 10.8. The second kappa shape index (κ2) is 2.87. The standard InChI is InChI=1S/C6H9NO4/c1-4(8)11-7-3-5(9)2-6(7)10/h5,9H,2-3H2,1H3. The molecule has 0 radical (unpaired) electrons. The second-order valence-electron chi connectivity index (χ2n) is 2.40. The summed E-state index contributed by atoms with van der Waals surface area (Å²) >= 11 is 0. The van der Waals surface area contributed by atoms with Crippen molar-refractivity contribution in [2.24, 2.45) is 0 Å². The van der Waals surface area contributed by atoms with Crippen LogP contribution in [-0.4, -0.2) is 34.7 Å². The van der Waals surface area contributed by atoms with Gasteiger partial charge in [-0.2, -0.15) is 5.06 Å². The Kier molecular flexibility index (Phi) is 2.09. The first-order valence-electron chi connectivity index (χ1n) is 3.26. The van der Waals surface area contributed by atoms with Gasteiger partial charge < -0.3 is 9.94 Å². The number of nitrogens with zero attached hydrogens (tertiary/aromatic N) is 1. The number of rotatable bonds is 1. The van der Waals surface area contributed by atoms with Crippen molar-refractivity contribution in [1.82, 2.24) is 5.06 Å². The molecule has 0 aromatic heterocycles. The number of aliphatic hydroxyl groups excluding tert-OH is 1. The van der Waals surface area contributed by atoms with Crippen LogP contribution >= 0.6 is 0 Å². The second-order valence-corrected chi connectivity index (χ2v) is 2.40. The van der Waals surface area contributed by atoms with E-state index in [1.54, 1.807) is 0 Å². The Balaban J connectivity index is 2.47. The number of carbonyl (C=O) groups is 2. The topological polar surface area (TPSA) is 66.8 Å². The summed E-state index contributed by atoms with van der Waals surface area (Å²) in [6, 6.07) is 0. The summed E-state index contributed by atoms with van der Waals surface area (Å²) < 4.78 is 0. The monoisotopic (exact) mass is 159 g/mol. The molecule has 1 unspecified atom stereocenters. The van der Waals surface area contributed by atoms with E-state index in [-0.39, 0.29) is 18.9 Å². The van der Waals surface area contributed by atoms with Crippen LogP contribution in [0, 0.1) is 0 Å². The van der Waals surface area contributed by atoms with Crippen molar-refractivity contribution in [3.63, 3.8) is 0 Å². The highest BCUT2D eigenvalue weighted by molar-refractivity contribution is 5.79. The van der Waals surface area contributed by atoms with Gasteiger partial charge in [0.2, 0.25) is 0 Å². The highest BCUT2D eigenvalue weighted by Crippen LogP contribution is 2.10. The molecule has 62 valence electrons. The van der Waals surface area contributed by atoms with Gasteiger partial charge in [0.1, 0.15) is 0 Å². The van der Waals surface area contributed by atoms with Gasteiger partial charge in [0.25, 0.3) is 5.91 Å². The van der Waals surface area contributed by atoms with Crippen molar-refractivity contribution >= 4 is 11.9 Å². The van der Waals surface area contributed by atoms with E-state index in [0.717, 1.165) is 5.06 Å². The summed E-state index contributed by atoms with van der Waals surface area (Å²) in [7, 11) is 0. The summed E-state index contributed by atoms with van der Waals surface area (Å²) in [5.74, 6) is -0.903. The van der Waals surface area contributed by atoms with Gasteiger partial charge in [-0.05, 0) is 0 Å². The van der Waals surface area contributed by atoms with Gasteiger partial charge >= 0.3 is 5.97 Å². The Bertz CT molecular complexity index is 191. The third-order valence-corrected chi connectivity index (χ3v) is 1.30. The van der Waals surface area contributed by atoms with Crippen LogP contribution in [0.15, 0.2) is 0 Å². The smallest absolute Gasteiger partial charge is 0.329 e. The van der Waals surface area contributed by atoms with E-state index in [1.807, 2.05) is 0 Å². The Hall–Kier alpha value is -1.10. The molecule has 1 amide bonds. The summed E-state index contributed by atoms with van der Waals surface area (Å²) in [4.78, 5) is 25.6. The molecule has 5 heteroatoms. The van der Waals surface area contributed by atoms with Crippen molar-refractivity contribution in [3.8, 4) is 0 Å². The van der Waals surface area contributed by atoms with Crippen molar-refractivity contribution in [3.05, 3.63) is 0 Å². The predicted molar refractivity (Wildman–Crippen MR) is 34.1 cm³/mol. The van der Waals surface area contributed by atoms with Crippen molar-refractivity contribution in [2.75, 3.05) is 6.54 Å². The lowest BCUT2D eigenvalue weighted by Gasteiger charge is -2.12. The van der Waals surface area contributed by atoms with Crippen LogP contribution in [0.3, 0.4) is 0 Å². The highest BCUT2D eigenvalue weighted by Gasteiger charge is 2.30. The van der Waals surface area contributed by atoms with E-state index >= 15 is 0 Å². The molecule has 0 saturated carbocycles. The van der Waals surface area contributed by atoms with E-state index in [2.05, 4.69) is 4.84 Å². The first-order valence-corrected chi connectivity index (χ1v) is 3.26. The molecule has 11 heavy (non-hydrogen) atoms. The number of hydrogen-bond donors (Lipinski definition) is 1. The van der Waals surface area contributed by atoms with E-state index in [4.69, 9.17) is 5.11 Å². The highest BCUT2D eigenvalue weighted by atomic mass is 16.7. The average molecular weight is 159 g/mol. The number of aliphatic hydroxyl groups is 1. The molecule has 0 aliphatic carbocycles. The van der Waals surface area contributed by atoms with Gasteiger partial charge in [-0.25, -0.2) is 0 Å². The number of carbonyl (C=O) groups excluding carboxylic acids is 2. The van der Waals surface area contributed by atoms with Gasteiger partial charge in [-0.1, -0.05) is 0 Å². The molecule has 1 fully saturated rings. The maximum Gasteiger partial charge on any atom is 0.329 e. The van der Waals surface area contributed by atoms with Crippen molar-refractivity contribution in [1.29, 1.82) is 0 Å². The average Bonchev–Trinajstić information content (AvgIpc) is 2.09. The lowest BCUT2D eigenvalue weighted by Crippen LogP contribution is -2.28. The SMILES string of the molecule is CC(=O)ON1CC(O)CC1=O. The Morgan fingerprint density at radius 2 is 2.45 bits per heavy atom. The van der Waals surface area contributed by atoms with Gasteiger partial charge in [-0.15, -0.1) is 0 Å². The van der Waals surface area contributed by atoms with E-state index in [1.165, 1.54) is 6.92 Å². The minimum absolute atomic E-state index is 0.0350. The van der Waals surface area contributed by atoms with Gasteiger partial charge in [0.05, 0.1) is 19.1 Å². The quantitative estimate of drug-likeness (QED) is 0.536. The Morgan fingerprint density at radius 1 is 1.82 bits per heavy atom. The largest absolute Gasteiger partial charge is 0.391 e. The molecule has 1 aliphatic rings. The third kappa shape index (κ3) is 1.91. The molecular weight excluding hydrogens is 150 g/mol. The normalized spacial score (nSPS) is 24.0. The fourth-order valence-electron chi connectivity index (χ4n) is 0.905. The molecule has 1 aliphatic heterocycles.